The SMILES string of the molecule is CCCCCC(C)(O)CC(F)(F)F. The van der Waals surface area contributed by atoms with Crippen LogP contribution >= 0.6 is 0 Å². The van der Waals surface area contributed by atoms with E-state index < -0.39 is 18.2 Å². The topological polar surface area (TPSA) is 20.2 Å². The van der Waals surface area contributed by atoms with Crippen LogP contribution in [0.1, 0.15) is 46.0 Å². The Labute approximate surface area is 76.9 Å². The summed E-state index contributed by atoms with van der Waals surface area (Å²) in [5.41, 5.74) is -1.59. The lowest BCUT2D eigenvalue weighted by molar-refractivity contribution is -0.173. The molecule has 1 nitrogen and oxygen atoms in total. The molecule has 0 heterocycles. The van der Waals surface area contributed by atoms with E-state index in [0.717, 1.165) is 12.8 Å². The van der Waals surface area contributed by atoms with E-state index in [2.05, 4.69) is 0 Å². The number of hydrogen-bond donors (Lipinski definition) is 1. The van der Waals surface area contributed by atoms with E-state index in [1.807, 2.05) is 6.92 Å². The molecule has 0 saturated carbocycles. The highest BCUT2D eigenvalue weighted by atomic mass is 19.4. The smallest absolute Gasteiger partial charge is 0.390 e. The molecule has 0 aliphatic rings. The van der Waals surface area contributed by atoms with Gasteiger partial charge in [-0.15, -0.1) is 0 Å². The molecule has 0 rings (SSSR count). The highest BCUT2D eigenvalue weighted by Crippen LogP contribution is 2.30. The van der Waals surface area contributed by atoms with Gasteiger partial charge in [0.2, 0.25) is 0 Å². The average molecular weight is 198 g/mol. The molecule has 0 aromatic rings. The molecule has 0 aromatic heterocycles. The van der Waals surface area contributed by atoms with E-state index in [1.165, 1.54) is 6.92 Å². The predicted molar refractivity (Wildman–Crippen MR) is 45.4 cm³/mol. The van der Waals surface area contributed by atoms with Gasteiger partial charge < -0.3 is 5.11 Å². The quantitative estimate of drug-likeness (QED) is 0.672. The summed E-state index contributed by atoms with van der Waals surface area (Å²) in [6.07, 6.45) is -2.69. The monoisotopic (exact) mass is 198 g/mol. The summed E-state index contributed by atoms with van der Waals surface area (Å²) < 4.78 is 35.7. The van der Waals surface area contributed by atoms with Crippen LogP contribution in [0.4, 0.5) is 13.2 Å². The van der Waals surface area contributed by atoms with Crippen molar-refractivity contribution in [3.05, 3.63) is 0 Å². The van der Waals surface area contributed by atoms with Crippen molar-refractivity contribution < 1.29 is 18.3 Å². The number of unbranched alkanes of at least 4 members (excludes halogenated alkanes) is 2. The van der Waals surface area contributed by atoms with Crippen LogP contribution in [0.2, 0.25) is 0 Å². The first-order chi connectivity index (χ1) is 5.77. The Morgan fingerprint density at radius 3 is 2.08 bits per heavy atom. The van der Waals surface area contributed by atoms with Crippen molar-refractivity contribution in [3.8, 4) is 0 Å². The Morgan fingerprint density at radius 2 is 1.69 bits per heavy atom. The van der Waals surface area contributed by atoms with Crippen LogP contribution in [-0.2, 0) is 0 Å². The normalized spacial score (nSPS) is 17.1. The lowest BCUT2D eigenvalue weighted by Crippen LogP contribution is -2.31. The summed E-state index contributed by atoms with van der Waals surface area (Å²) >= 11 is 0. The summed E-state index contributed by atoms with van der Waals surface area (Å²) in [5.74, 6) is 0. The van der Waals surface area contributed by atoms with E-state index in [1.54, 1.807) is 0 Å². The van der Waals surface area contributed by atoms with Crippen LogP contribution in [-0.4, -0.2) is 16.9 Å². The van der Waals surface area contributed by atoms with Crippen molar-refractivity contribution in [2.24, 2.45) is 0 Å². The summed E-state index contributed by atoms with van der Waals surface area (Å²) in [6.45, 7) is 3.22. The maximum Gasteiger partial charge on any atom is 0.391 e. The number of halogens is 3. The minimum Gasteiger partial charge on any atom is -0.390 e. The van der Waals surface area contributed by atoms with Gasteiger partial charge in [-0.25, -0.2) is 0 Å². The fourth-order valence-electron chi connectivity index (χ4n) is 1.28. The van der Waals surface area contributed by atoms with Crippen LogP contribution in [0.25, 0.3) is 0 Å². The number of alkyl halides is 3. The van der Waals surface area contributed by atoms with Gasteiger partial charge in [0.15, 0.2) is 0 Å². The first kappa shape index (κ1) is 12.8. The second kappa shape index (κ2) is 4.84. The van der Waals surface area contributed by atoms with E-state index in [-0.39, 0.29) is 6.42 Å². The van der Waals surface area contributed by atoms with Crippen LogP contribution in [0.15, 0.2) is 0 Å². The van der Waals surface area contributed by atoms with Crippen molar-refractivity contribution in [2.75, 3.05) is 0 Å². The molecule has 0 aliphatic heterocycles. The molecular formula is C9H17F3O. The molecule has 0 saturated heterocycles. The minimum absolute atomic E-state index is 0.223. The fraction of sp³-hybridized carbons (Fsp3) is 1.00. The lowest BCUT2D eigenvalue weighted by atomic mass is 9.95. The van der Waals surface area contributed by atoms with Crippen LogP contribution in [0.5, 0.6) is 0 Å². The Bertz CT molecular complexity index is 140. The number of hydrogen-bond acceptors (Lipinski definition) is 1. The lowest BCUT2D eigenvalue weighted by Gasteiger charge is -2.24. The maximum absolute atomic E-state index is 11.9. The van der Waals surface area contributed by atoms with E-state index in [9.17, 15) is 18.3 Å². The molecule has 0 bridgehead atoms. The van der Waals surface area contributed by atoms with Crippen molar-refractivity contribution in [2.45, 2.75) is 57.7 Å². The Kier molecular flexibility index (Phi) is 4.75. The zero-order chi connectivity index (χ0) is 10.5. The van der Waals surface area contributed by atoms with E-state index >= 15 is 0 Å². The van der Waals surface area contributed by atoms with Gasteiger partial charge in [-0.3, -0.25) is 0 Å². The van der Waals surface area contributed by atoms with Crippen LogP contribution < -0.4 is 0 Å². The van der Waals surface area contributed by atoms with Crippen LogP contribution in [0.3, 0.4) is 0 Å². The fourth-order valence-corrected chi connectivity index (χ4v) is 1.28. The largest absolute Gasteiger partial charge is 0.391 e. The molecule has 1 atom stereocenters. The maximum atomic E-state index is 11.9. The van der Waals surface area contributed by atoms with Gasteiger partial charge in [0, 0.05) is 0 Å². The zero-order valence-electron chi connectivity index (χ0n) is 8.12. The Morgan fingerprint density at radius 1 is 1.15 bits per heavy atom. The van der Waals surface area contributed by atoms with Gasteiger partial charge in [-0.1, -0.05) is 26.2 Å². The van der Waals surface area contributed by atoms with Crippen molar-refractivity contribution in [3.63, 3.8) is 0 Å². The van der Waals surface area contributed by atoms with E-state index in [4.69, 9.17) is 0 Å². The van der Waals surface area contributed by atoms with Gasteiger partial charge in [-0.2, -0.15) is 13.2 Å². The molecule has 4 heteroatoms. The molecule has 0 aliphatic carbocycles. The third-order valence-corrected chi connectivity index (χ3v) is 1.90. The molecular weight excluding hydrogens is 181 g/mol. The Hall–Kier alpha value is -0.250. The molecule has 1 N–H and O–H groups in total. The second-order valence-electron chi connectivity index (χ2n) is 3.75. The van der Waals surface area contributed by atoms with Gasteiger partial charge >= 0.3 is 6.18 Å². The summed E-state index contributed by atoms with van der Waals surface area (Å²) in [7, 11) is 0. The zero-order valence-corrected chi connectivity index (χ0v) is 8.12. The van der Waals surface area contributed by atoms with Crippen LogP contribution in [0, 0.1) is 0 Å². The second-order valence-corrected chi connectivity index (χ2v) is 3.75. The van der Waals surface area contributed by atoms with Crippen molar-refractivity contribution in [1.82, 2.24) is 0 Å². The highest BCUT2D eigenvalue weighted by Gasteiger charge is 2.37. The standard InChI is InChI=1S/C9H17F3O/c1-3-4-5-6-8(2,13)7-9(10,11)12/h13H,3-7H2,1-2H3. The summed E-state index contributed by atoms with van der Waals surface area (Å²) in [4.78, 5) is 0. The molecule has 0 radical (unpaired) electrons. The van der Waals surface area contributed by atoms with Gasteiger partial charge in [0.05, 0.1) is 12.0 Å². The molecule has 0 fully saturated rings. The molecule has 13 heavy (non-hydrogen) atoms. The molecule has 80 valence electrons. The van der Waals surface area contributed by atoms with Gasteiger partial charge in [0.1, 0.15) is 0 Å². The average Bonchev–Trinajstić information content (AvgIpc) is 1.81. The van der Waals surface area contributed by atoms with Crippen molar-refractivity contribution >= 4 is 0 Å². The third-order valence-electron chi connectivity index (χ3n) is 1.90. The van der Waals surface area contributed by atoms with E-state index in [0.29, 0.717) is 6.42 Å². The van der Waals surface area contributed by atoms with Gasteiger partial charge in [-0.05, 0) is 13.3 Å². The molecule has 0 amide bonds. The predicted octanol–water partition coefficient (Wildman–Crippen LogP) is 3.27. The molecule has 0 aromatic carbocycles. The third kappa shape index (κ3) is 8.09. The molecule has 1 unspecified atom stereocenters. The van der Waals surface area contributed by atoms with Gasteiger partial charge in [0.25, 0.3) is 0 Å². The number of rotatable bonds is 5. The Balaban J connectivity index is 3.80. The first-order valence-corrected chi connectivity index (χ1v) is 4.56. The molecule has 0 spiro atoms. The minimum atomic E-state index is -4.27. The summed E-state index contributed by atoms with van der Waals surface area (Å²) in [5, 5.41) is 9.36. The highest BCUT2D eigenvalue weighted by molar-refractivity contribution is 4.75. The number of aliphatic hydroxyl groups is 1. The first-order valence-electron chi connectivity index (χ1n) is 4.56. The summed E-state index contributed by atoms with van der Waals surface area (Å²) in [6, 6.07) is 0. The van der Waals surface area contributed by atoms with Crippen molar-refractivity contribution in [1.29, 1.82) is 0 Å².